The highest BCUT2D eigenvalue weighted by atomic mass is 32.1. The van der Waals surface area contributed by atoms with E-state index in [2.05, 4.69) is 53.7 Å². The third-order valence-electron chi connectivity index (χ3n) is 5.04. The van der Waals surface area contributed by atoms with Crippen molar-refractivity contribution in [3.63, 3.8) is 0 Å². The van der Waals surface area contributed by atoms with Gasteiger partial charge in [0.15, 0.2) is 4.80 Å². The average molecular weight is 401 g/mol. The van der Waals surface area contributed by atoms with Crippen molar-refractivity contribution >= 4 is 27.5 Å². The lowest BCUT2D eigenvalue weighted by atomic mass is 10.0. The number of rotatable bonds is 5. The minimum Gasteiger partial charge on any atom is -0.316 e. The van der Waals surface area contributed by atoms with E-state index < -0.39 is 0 Å². The normalized spacial score (nSPS) is 11.9. The highest BCUT2D eigenvalue weighted by Crippen LogP contribution is 2.21. The van der Waals surface area contributed by atoms with E-state index in [1.807, 2.05) is 42.5 Å². The number of amides is 1. The molecule has 0 atom stereocenters. The summed E-state index contributed by atoms with van der Waals surface area (Å²) in [5, 5.41) is 0. The molecule has 1 aromatic heterocycles. The van der Waals surface area contributed by atoms with Crippen LogP contribution in [0.2, 0.25) is 0 Å². The fourth-order valence-electron chi connectivity index (χ4n) is 3.45. The predicted octanol–water partition coefficient (Wildman–Crippen LogP) is 6.08. The van der Waals surface area contributed by atoms with E-state index in [1.165, 1.54) is 10.3 Å². The van der Waals surface area contributed by atoms with Gasteiger partial charge in [-0.05, 0) is 53.8 Å². The van der Waals surface area contributed by atoms with Gasteiger partial charge in [0.05, 0.1) is 10.2 Å². The molecular weight excluding hydrogens is 376 g/mol. The van der Waals surface area contributed by atoms with Crippen LogP contribution in [0.1, 0.15) is 36.2 Å². The number of carbonyl (C=O) groups excluding carboxylic acids is 1. The Morgan fingerprint density at radius 1 is 0.931 bits per heavy atom. The summed E-state index contributed by atoms with van der Waals surface area (Å²) < 4.78 is 3.35. The van der Waals surface area contributed by atoms with Crippen molar-refractivity contribution in [1.82, 2.24) is 4.57 Å². The van der Waals surface area contributed by atoms with Crippen LogP contribution in [-0.2, 0) is 13.0 Å². The molecule has 0 aliphatic heterocycles. The van der Waals surface area contributed by atoms with Gasteiger partial charge in [-0.3, -0.25) is 4.79 Å². The first-order valence-corrected chi connectivity index (χ1v) is 10.9. The number of nitrogens with zero attached hydrogens (tertiary/aromatic N) is 2. The van der Waals surface area contributed by atoms with Gasteiger partial charge in [0.2, 0.25) is 0 Å². The van der Waals surface area contributed by atoms with Crippen molar-refractivity contribution in [2.75, 3.05) is 0 Å². The second-order valence-electron chi connectivity index (χ2n) is 7.05. The second-order valence-corrected chi connectivity index (χ2v) is 8.06. The Bertz CT molecular complexity index is 1200. The Hall–Kier alpha value is -2.98. The van der Waals surface area contributed by atoms with Gasteiger partial charge in [-0.1, -0.05) is 73.7 Å². The maximum absolute atomic E-state index is 12.8. The van der Waals surface area contributed by atoms with Gasteiger partial charge < -0.3 is 4.57 Å². The number of fused-ring (bicyclic) bond motifs is 1. The van der Waals surface area contributed by atoms with Crippen LogP contribution < -0.4 is 4.80 Å². The quantitative estimate of drug-likeness (QED) is 0.399. The number of aromatic nitrogens is 1. The molecule has 0 fully saturated rings. The van der Waals surface area contributed by atoms with Crippen LogP contribution in [0.25, 0.3) is 21.3 Å². The molecule has 0 aliphatic carbocycles. The molecular formula is C25H24N2OS. The summed E-state index contributed by atoms with van der Waals surface area (Å²) in [6.07, 6.45) is 2.00. The molecule has 0 radical (unpaired) electrons. The summed E-state index contributed by atoms with van der Waals surface area (Å²) in [6.45, 7) is 5.15. The molecule has 0 N–H and O–H groups in total. The highest BCUT2D eigenvalue weighted by molar-refractivity contribution is 7.16. The molecule has 0 aliphatic rings. The molecule has 29 heavy (non-hydrogen) atoms. The van der Waals surface area contributed by atoms with Crippen molar-refractivity contribution in [1.29, 1.82) is 0 Å². The summed E-state index contributed by atoms with van der Waals surface area (Å²) in [5.74, 6) is -0.197. The number of aryl methyl sites for hydroxylation is 2. The molecule has 4 rings (SSSR count). The molecule has 0 unspecified atom stereocenters. The summed E-state index contributed by atoms with van der Waals surface area (Å²) in [4.78, 5) is 18.1. The maximum Gasteiger partial charge on any atom is 0.279 e. The fraction of sp³-hybridized carbons (Fsp3) is 0.200. The molecule has 3 nitrogen and oxygen atoms in total. The molecule has 146 valence electrons. The molecule has 1 amide bonds. The Morgan fingerprint density at radius 2 is 1.66 bits per heavy atom. The number of carbonyl (C=O) groups is 1. The fourth-order valence-corrected chi connectivity index (χ4v) is 4.57. The molecule has 4 heteroatoms. The number of benzene rings is 3. The van der Waals surface area contributed by atoms with E-state index in [0.29, 0.717) is 5.56 Å². The third-order valence-corrected chi connectivity index (χ3v) is 6.08. The first-order valence-electron chi connectivity index (χ1n) is 10.1. The lowest BCUT2D eigenvalue weighted by Crippen LogP contribution is -2.16. The Kier molecular flexibility index (Phi) is 5.72. The van der Waals surface area contributed by atoms with E-state index in [0.717, 1.165) is 40.8 Å². The predicted molar refractivity (Wildman–Crippen MR) is 121 cm³/mol. The van der Waals surface area contributed by atoms with E-state index in [-0.39, 0.29) is 5.91 Å². The smallest absolute Gasteiger partial charge is 0.279 e. The Balaban J connectivity index is 1.70. The van der Waals surface area contributed by atoms with E-state index in [9.17, 15) is 4.79 Å². The van der Waals surface area contributed by atoms with Crippen LogP contribution in [0.15, 0.2) is 77.8 Å². The lowest BCUT2D eigenvalue weighted by Gasteiger charge is -2.04. The third kappa shape index (κ3) is 4.08. The van der Waals surface area contributed by atoms with Crippen molar-refractivity contribution in [2.45, 2.75) is 33.2 Å². The number of thiazole rings is 1. The standard InChI is InChI=1S/C25H24N2OS/c1-3-16-27-22-15-10-18(4-2)17-23(22)29-25(27)26-24(28)21-13-11-20(12-14-21)19-8-6-5-7-9-19/h5-15,17H,3-4,16H2,1-2H3. The zero-order valence-electron chi connectivity index (χ0n) is 16.8. The molecule has 0 spiro atoms. The van der Waals surface area contributed by atoms with Crippen LogP contribution in [0.4, 0.5) is 0 Å². The summed E-state index contributed by atoms with van der Waals surface area (Å²) in [7, 11) is 0. The van der Waals surface area contributed by atoms with Gasteiger partial charge in [-0.25, -0.2) is 0 Å². The largest absolute Gasteiger partial charge is 0.316 e. The van der Waals surface area contributed by atoms with E-state index in [1.54, 1.807) is 11.3 Å². The van der Waals surface area contributed by atoms with Crippen molar-refractivity contribution in [3.8, 4) is 11.1 Å². The SMILES string of the molecule is CCCn1c(=NC(=O)c2ccc(-c3ccccc3)cc2)sc2cc(CC)ccc21. The first-order chi connectivity index (χ1) is 14.2. The molecule has 0 saturated carbocycles. The van der Waals surface area contributed by atoms with E-state index >= 15 is 0 Å². The van der Waals surface area contributed by atoms with Gasteiger partial charge in [0, 0.05) is 12.1 Å². The molecule has 1 heterocycles. The average Bonchev–Trinajstić information content (AvgIpc) is 3.10. The summed E-state index contributed by atoms with van der Waals surface area (Å²) >= 11 is 1.59. The summed E-state index contributed by atoms with van der Waals surface area (Å²) in [6, 6.07) is 24.4. The Morgan fingerprint density at radius 3 is 2.34 bits per heavy atom. The zero-order valence-corrected chi connectivity index (χ0v) is 17.6. The maximum atomic E-state index is 12.8. The van der Waals surface area contributed by atoms with E-state index in [4.69, 9.17) is 0 Å². The van der Waals surface area contributed by atoms with Crippen LogP contribution in [0.3, 0.4) is 0 Å². The minimum atomic E-state index is -0.197. The number of hydrogen-bond acceptors (Lipinski definition) is 2. The van der Waals surface area contributed by atoms with Crippen LogP contribution in [0.5, 0.6) is 0 Å². The monoisotopic (exact) mass is 400 g/mol. The Labute approximate surface area is 175 Å². The van der Waals surface area contributed by atoms with Gasteiger partial charge in [-0.2, -0.15) is 4.99 Å². The van der Waals surface area contributed by atoms with Gasteiger partial charge in [0.25, 0.3) is 5.91 Å². The van der Waals surface area contributed by atoms with Crippen LogP contribution in [0, 0.1) is 0 Å². The van der Waals surface area contributed by atoms with Crippen molar-refractivity contribution in [3.05, 3.63) is 88.7 Å². The first kappa shape index (κ1) is 19.3. The van der Waals surface area contributed by atoms with Crippen molar-refractivity contribution < 1.29 is 4.79 Å². The van der Waals surface area contributed by atoms with Gasteiger partial charge >= 0.3 is 0 Å². The molecule has 0 saturated heterocycles. The second kappa shape index (κ2) is 8.58. The number of hydrogen-bond donors (Lipinski definition) is 0. The van der Waals surface area contributed by atoms with Gasteiger partial charge in [0.1, 0.15) is 0 Å². The summed E-state index contributed by atoms with van der Waals surface area (Å²) in [5.41, 5.74) is 5.30. The minimum absolute atomic E-state index is 0.197. The van der Waals surface area contributed by atoms with Gasteiger partial charge in [-0.15, -0.1) is 0 Å². The topological polar surface area (TPSA) is 34.4 Å². The highest BCUT2D eigenvalue weighted by Gasteiger charge is 2.10. The molecule has 3 aromatic carbocycles. The zero-order chi connectivity index (χ0) is 20.2. The molecule has 4 aromatic rings. The lowest BCUT2D eigenvalue weighted by molar-refractivity contribution is 0.0998. The van der Waals surface area contributed by atoms with Crippen molar-refractivity contribution in [2.24, 2.45) is 4.99 Å². The van der Waals surface area contributed by atoms with Crippen LogP contribution in [-0.4, -0.2) is 10.5 Å². The van der Waals surface area contributed by atoms with Crippen LogP contribution >= 0.6 is 11.3 Å². The molecule has 0 bridgehead atoms.